The lowest BCUT2D eigenvalue weighted by Gasteiger charge is -2.06. The quantitative estimate of drug-likeness (QED) is 0.628. The van der Waals surface area contributed by atoms with Crippen LogP contribution in [0.5, 0.6) is 0 Å². The molecule has 0 atom stereocenters. The van der Waals surface area contributed by atoms with Crippen molar-refractivity contribution in [2.45, 2.75) is 6.92 Å². The number of esters is 1. The zero-order valence-corrected chi connectivity index (χ0v) is 15.2. The van der Waals surface area contributed by atoms with Crippen LogP contribution in [-0.2, 0) is 4.74 Å². The molecule has 0 radical (unpaired) electrons. The summed E-state index contributed by atoms with van der Waals surface area (Å²) in [6.07, 6.45) is 0. The Hall–Kier alpha value is -2.80. The third kappa shape index (κ3) is 3.66. The van der Waals surface area contributed by atoms with E-state index in [0.717, 1.165) is 15.8 Å². The molecule has 0 aliphatic heterocycles. The van der Waals surface area contributed by atoms with Gasteiger partial charge < -0.3 is 15.8 Å². The Morgan fingerprint density at radius 2 is 1.88 bits per heavy atom. The number of nitrogen functional groups attached to an aromatic ring is 1. The molecule has 1 aromatic heterocycles. The second-order valence-corrected chi connectivity index (χ2v) is 6.12. The second kappa shape index (κ2) is 7.40. The molecule has 7 heteroatoms. The number of nitrogens with zero attached hydrogens (tertiary/aromatic N) is 2. The van der Waals surface area contributed by atoms with Crippen LogP contribution < -0.4 is 11.1 Å². The van der Waals surface area contributed by atoms with E-state index in [2.05, 4.69) is 26.3 Å². The highest BCUT2D eigenvalue weighted by Gasteiger charge is 2.24. The number of hydrogen-bond acceptors (Lipinski definition) is 5. The summed E-state index contributed by atoms with van der Waals surface area (Å²) in [5.41, 5.74) is 7.96. The van der Waals surface area contributed by atoms with Gasteiger partial charge in [-0.2, -0.15) is 0 Å². The largest absolute Gasteiger partial charge is 0.462 e. The van der Waals surface area contributed by atoms with Gasteiger partial charge in [-0.25, -0.2) is 9.48 Å². The van der Waals surface area contributed by atoms with Gasteiger partial charge in [0.25, 0.3) is 0 Å². The minimum atomic E-state index is -0.512. The Labute approximate surface area is 153 Å². The van der Waals surface area contributed by atoms with Gasteiger partial charge in [-0.15, -0.1) is 5.10 Å². The van der Waals surface area contributed by atoms with E-state index in [4.69, 9.17) is 10.5 Å². The van der Waals surface area contributed by atoms with Gasteiger partial charge >= 0.3 is 5.97 Å². The minimum absolute atomic E-state index is 0.216. The summed E-state index contributed by atoms with van der Waals surface area (Å²) in [6, 6.07) is 16.9. The molecule has 3 aromatic rings. The standard InChI is InChI=1S/C18H17BrN4O2/c1-2-25-18(24)15-16(20)23(14-6-4-3-5-7-14)22-17(15)21-13-10-8-12(19)9-11-13/h3-11H,2,20H2,1H3,(H,21,22). The second-order valence-electron chi connectivity index (χ2n) is 5.21. The van der Waals surface area contributed by atoms with Crippen molar-refractivity contribution in [3.63, 3.8) is 0 Å². The van der Waals surface area contributed by atoms with E-state index in [1.165, 1.54) is 4.68 Å². The molecule has 0 aliphatic rings. The average Bonchev–Trinajstić information content (AvgIpc) is 2.94. The van der Waals surface area contributed by atoms with Crippen molar-refractivity contribution in [2.24, 2.45) is 0 Å². The van der Waals surface area contributed by atoms with Gasteiger partial charge in [-0.05, 0) is 43.3 Å². The number of nitrogens with two attached hydrogens (primary N) is 1. The highest BCUT2D eigenvalue weighted by molar-refractivity contribution is 9.10. The van der Waals surface area contributed by atoms with Crippen LogP contribution in [0.1, 0.15) is 17.3 Å². The fourth-order valence-electron chi connectivity index (χ4n) is 2.36. The number of carbonyl (C=O) groups excluding carboxylic acids is 1. The van der Waals surface area contributed by atoms with Gasteiger partial charge in [0.2, 0.25) is 0 Å². The smallest absolute Gasteiger partial charge is 0.345 e. The van der Waals surface area contributed by atoms with Gasteiger partial charge in [0.05, 0.1) is 12.3 Å². The molecule has 0 fully saturated rings. The molecule has 128 valence electrons. The van der Waals surface area contributed by atoms with Crippen molar-refractivity contribution in [2.75, 3.05) is 17.7 Å². The SMILES string of the molecule is CCOC(=O)c1c(Nc2ccc(Br)cc2)nn(-c2ccccc2)c1N. The predicted molar refractivity (Wildman–Crippen MR) is 101 cm³/mol. The molecule has 0 bridgehead atoms. The van der Waals surface area contributed by atoms with Crippen molar-refractivity contribution >= 4 is 39.2 Å². The molecule has 3 rings (SSSR count). The van der Waals surface area contributed by atoms with Gasteiger partial charge in [0, 0.05) is 10.2 Å². The van der Waals surface area contributed by atoms with Crippen LogP contribution in [0.15, 0.2) is 59.1 Å². The number of ether oxygens (including phenoxy) is 1. The Balaban J connectivity index is 2.05. The number of rotatable bonds is 5. The van der Waals surface area contributed by atoms with Crippen molar-refractivity contribution in [3.05, 3.63) is 64.6 Å². The summed E-state index contributed by atoms with van der Waals surface area (Å²) in [6.45, 7) is 2.00. The molecule has 6 nitrogen and oxygen atoms in total. The maximum absolute atomic E-state index is 12.4. The number of anilines is 3. The number of hydrogen-bond donors (Lipinski definition) is 2. The molecule has 2 aromatic carbocycles. The molecule has 0 saturated carbocycles. The van der Waals surface area contributed by atoms with E-state index in [1.54, 1.807) is 6.92 Å². The van der Waals surface area contributed by atoms with Crippen LogP contribution in [0.4, 0.5) is 17.3 Å². The molecule has 0 amide bonds. The maximum atomic E-state index is 12.4. The number of benzene rings is 2. The van der Waals surface area contributed by atoms with Crippen molar-refractivity contribution in [1.82, 2.24) is 9.78 Å². The molecular weight excluding hydrogens is 384 g/mol. The van der Waals surface area contributed by atoms with Gasteiger partial charge in [-0.3, -0.25) is 0 Å². The molecule has 0 spiro atoms. The normalized spacial score (nSPS) is 10.5. The van der Waals surface area contributed by atoms with E-state index in [9.17, 15) is 4.79 Å². The van der Waals surface area contributed by atoms with Crippen LogP contribution in [0.3, 0.4) is 0 Å². The molecular formula is C18H17BrN4O2. The first-order chi connectivity index (χ1) is 12.1. The summed E-state index contributed by atoms with van der Waals surface area (Å²) >= 11 is 3.39. The molecule has 0 unspecified atom stereocenters. The minimum Gasteiger partial charge on any atom is -0.462 e. The molecule has 25 heavy (non-hydrogen) atoms. The number of nitrogens with one attached hydrogen (secondary N) is 1. The zero-order chi connectivity index (χ0) is 17.8. The molecule has 0 aliphatic carbocycles. The first-order valence-corrected chi connectivity index (χ1v) is 8.53. The summed E-state index contributed by atoms with van der Waals surface area (Å²) in [5.74, 6) is 0.0631. The lowest BCUT2D eigenvalue weighted by molar-refractivity contribution is 0.0529. The first kappa shape index (κ1) is 17.0. The third-order valence-corrected chi connectivity index (χ3v) is 4.04. The predicted octanol–water partition coefficient (Wildman–Crippen LogP) is 4.14. The van der Waals surface area contributed by atoms with Crippen LogP contribution in [-0.4, -0.2) is 22.4 Å². The Morgan fingerprint density at radius 1 is 1.20 bits per heavy atom. The monoisotopic (exact) mass is 400 g/mol. The lowest BCUT2D eigenvalue weighted by Crippen LogP contribution is -2.10. The van der Waals surface area contributed by atoms with Crippen molar-refractivity contribution in [3.8, 4) is 5.69 Å². The summed E-state index contributed by atoms with van der Waals surface area (Å²) < 4.78 is 7.61. The molecule has 0 saturated heterocycles. The van der Waals surface area contributed by atoms with Gasteiger partial charge in [-0.1, -0.05) is 34.1 Å². The molecule has 1 heterocycles. The van der Waals surface area contributed by atoms with E-state index in [0.29, 0.717) is 5.82 Å². The lowest BCUT2D eigenvalue weighted by atomic mass is 10.2. The summed E-state index contributed by atoms with van der Waals surface area (Å²) in [7, 11) is 0. The zero-order valence-electron chi connectivity index (χ0n) is 13.6. The van der Waals surface area contributed by atoms with Crippen LogP contribution in [0, 0.1) is 0 Å². The number of para-hydroxylation sites is 1. The summed E-state index contributed by atoms with van der Waals surface area (Å²) in [4.78, 5) is 12.4. The first-order valence-electron chi connectivity index (χ1n) is 7.73. The van der Waals surface area contributed by atoms with Crippen LogP contribution >= 0.6 is 15.9 Å². The Kier molecular flexibility index (Phi) is 5.04. The van der Waals surface area contributed by atoms with E-state index in [1.807, 2.05) is 54.6 Å². The van der Waals surface area contributed by atoms with Crippen LogP contribution in [0.2, 0.25) is 0 Å². The van der Waals surface area contributed by atoms with E-state index in [-0.39, 0.29) is 18.0 Å². The molecule has 3 N–H and O–H groups in total. The number of aromatic nitrogens is 2. The third-order valence-electron chi connectivity index (χ3n) is 3.51. The number of halogens is 1. The fourth-order valence-corrected chi connectivity index (χ4v) is 2.62. The Morgan fingerprint density at radius 3 is 2.52 bits per heavy atom. The maximum Gasteiger partial charge on any atom is 0.345 e. The van der Waals surface area contributed by atoms with E-state index >= 15 is 0 Å². The topological polar surface area (TPSA) is 82.2 Å². The van der Waals surface area contributed by atoms with Gasteiger partial charge in [0.15, 0.2) is 5.82 Å². The van der Waals surface area contributed by atoms with Gasteiger partial charge in [0.1, 0.15) is 11.4 Å². The Bertz CT molecular complexity index is 876. The van der Waals surface area contributed by atoms with Crippen LogP contribution in [0.25, 0.3) is 5.69 Å². The van der Waals surface area contributed by atoms with E-state index < -0.39 is 5.97 Å². The fraction of sp³-hybridized carbons (Fsp3) is 0.111. The highest BCUT2D eigenvalue weighted by Crippen LogP contribution is 2.28. The summed E-state index contributed by atoms with van der Waals surface area (Å²) in [5, 5.41) is 7.61. The van der Waals surface area contributed by atoms with Crippen molar-refractivity contribution in [1.29, 1.82) is 0 Å². The highest BCUT2D eigenvalue weighted by atomic mass is 79.9. The van der Waals surface area contributed by atoms with Crippen molar-refractivity contribution < 1.29 is 9.53 Å². The average molecular weight is 401 g/mol. The number of carbonyl (C=O) groups is 1.